The lowest BCUT2D eigenvalue weighted by molar-refractivity contribution is -0.157. The van der Waals surface area contributed by atoms with Crippen molar-refractivity contribution in [1.82, 2.24) is 0 Å². The van der Waals surface area contributed by atoms with Crippen molar-refractivity contribution in [3.8, 4) is 0 Å². The lowest BCUT2D eigenvalue weighted by Crippen LogP contribution is -2.30. The van der Waals surface area contributed by atoms with Gasteiger partial charge in [0.1, 0.15) is 5.76 Å². The van der Waals surface area contributed by atoms with E-state index in [9.17, 15) is 9.59 Å². The minimum atomic E-state index is -0.975. The molecule has 0 aliphatic heterocycles. The number of hydrogen-bond acceptors (Lipinski definition) is 4. The van der Waals surface area contributed by atoms with Gasteiger partial charge in [0.15, 0.2) is 5.60 Å². The standard InChI is InChI=1S/C9H14O4/c1-6(12-7(2)10)9(4,5)13-8(3)11/h1H2,2-5H3. The average Bonchev–Trinajstić information content (AvgIpc) is 1.81. The second-order valence-electron chi connectivity index (χ2n) is 3.12. The van der Waals surface area contributed by atoms with E-state index in [2.05, 4.69) is 6.58 Å². The number of hydrogen-bond donors (Lipinski definition) is 0. The monoisotopic (exact) mass is 186 g/mol. The van der Waals surface area contributed by atoms with Gasteiger partial charge in [0.05, 0.1) is 0 Å². The highest BCUT2D eigenvalue weighted by Gasteiger charge is 2.27. The fourth-order valence-electron chi connectivity index (χ4n) is 0.713. The fraction of sp³-hybridized carbons (Fsp3) is 0.556. The Balaban J connectivity index is 4.35. The summed E-state index contributed by atoms with van der Waals surface area (Å²) in [7, 11) is 0. The van der Waals surface area contributed by atoms with Crippen LogP contribution in [-0.4, -0.2) is 17.5 Å². The first-order chi connectivity index (χ1) is 5.75. The second kappa shape index (κ2) is 4.07. The highest BCUT2D eigenvalue weighted by molar-refractivity contribution is 5.68. The van der Waals surface area contributed by atoms with Gasteiger partial charge in [-0.3, -0.25) is 9.59 Å². The predicted octanol–water partition coefficient (Wildman–Crippen LogP) is 1.40. The van der Waals surface area contributed by atoms with Crippen molar-refractivity contribution in [1.29, 1.82) is 0 Å². The summed E-state index contributed by atoms with van der Waals surface area (Å²) in [5.41, 5.74) is -0.975. The predicted molar refractivity (Wildman–Crippen MR) is 46.8 cm³/mol. The van der Waals surface area contributed by atoms with E-state index in [1.54, 1.807) is 13.8 Å². The van der Waals surface area contributed by atoms with E-state index in [0.717, 1.165) is 0 Å². The number of esters is 2. The summed E-state index contributed by atoms with van der Waals surface area (Å²) in [5.74, 6) is -0.807. The van der Waals surface area contributed by atoms with Crippen LogP contribution in [0.4, 0.5) is 0 Å². The zero-order chi connectivity index (χ0) is 10.6. The molecule has 0 amide bonds. The first kappa shape index (κ1) is 11.7. The molecule has 0 aliphatic rings. The van der Waals surface area contributed by atoms with Crippen LogP contribution in [0, 0.1) is 0 Å². The number of carbonyl (C=O) groups is 2. The Hall–Kier alpha value is -1.32. The van der Waals surface area contributed by atoms with Crippen LogP contribution in [-0.2, 0) is 19.1 Å². The molecule has 0 rings (SSSR count). The van der Waals surface area contributed by atoms with Crippen LogP contribution in [0.2, 0.25) is 0 Å². The molecule has 0 saturated heterocycles. The summed E-state index contributed by atoms with van der Waals surface area (Å²) in [6.07, 6.45) is 0. The zero-order valence-electron chi connectivity index (χ0n) is 8.34. The van der Waals surface area contributed by atoms with Gasteiger partial charge in [-0.25, -0.2) is 0 Å². The van der Waals surface area contributed by atoms with Gasteiger partial charge >= 0.3 is 11.9 Å². The third-order valence-corrected chi connectivity index (χ3v) is 1.34. The Morgan fingerprint density at radius 2 is 1.62 bits per heavy atom. The van der Waals surface area contributed by atoms with Gasteiger partial charge in [-0.2, -0.15) is 0 Å². The summed E-state index contributed by atoms with van der Waals surface area (Å²) in [6, 6.07) is 0. The van der Waals surface area contributed by atoms with Gasteiger partial charge in [0, 0.05) is 13.8 Å². The molecule has 0 heterocycles. The normalized spacial score (nSPS) is 10.5. The molecule has 0 spiro atoms. The van der Waals surface area contributed by atoms with Crippen LogP contribution in [0.5, 0.6) is 0 Å². The molecule has 0 fully saturated rings. The van der Waals surface area contributed by atoms with Crippen LogP contribution in [0.1, 0.15) is 27.7 Å². The molecular weight excluding hydrogens is 172 g/mol. The topological polar surface area (TPSA) is 52.6 Å². The lowest BCUT2D eigenvalue weighted by atomic mass is 10.1. The first-order valence-corrected chi connectivity index (χ1v) is 3.83. The largest absolute Gasteiger partial charge is 0.452 e. The van der Waals surface area contributed by atoms with Crippen molar-refractivity contribution in [2.24, 2.45) is 0 Å². The van der Waals surface area contributed by atoms with Crippen molar-refractivity contribution >= 4 is 11.9 Å². The minimum Gasteiger partial charge on any atom is -0.452 e. The van der Waals surface area contributed by atoms with E-state index in [0.29, 0.717) is 0 Å². The van der Waals surface area contributed by atoms with Crippen LogP contribution < -0.4 is 0 Å². The number of ether oxygens (including phenoxy) is 2. The maximum atomic E-state index is 10.6. The Morgan fingerprint density at radius 3 is 1.92 bits per heavy atom. The quantitative estimate of drug-likeness (QED) is 0.494. The van der Waals surface area contributed by atoms with Crippen LogP contribution in [0.15, 0.2) is 12.3 Å². The average molecular weight is 186 g/mol. The van der Waals surface area contributed by atoms with Gasteiger partial charge < -0.3 is 9.47 Å². The zero-order valence-corrected chi connectivity index (χ0v) is 8.34. The highest BCUT2D eigenvalue weighted by Crippen LogP contribution is 2.20. The molecule has 0 aromatic heterocycles. The molecule has 0 bridgehead atoms. The third kappa shape index (κ3) is 4.30. The number of rotatable bonds is 3. The molecule has 0 aliphatic carbocycles. The van der Waals surface area contributed by atoms with Crippen molar-refractivity contribution in [3.05, 3.63) is 12.3 Å². The molecule has 0 unspecified atom stereocenters. The van der Waals surface area contributed by atoms with Gasteiger partial charge in [0.2, 0.25) is 0 Å². The van der Waals surface area contributed by atoms with Crippen LogP contribution >= 0.6 is 0 Å². The molecule has 74 valence electrons. The fourth-order valence-corrected chi connectivity index (χ4v) is 0.713. The molecule has 0 saturated carbocycles. The molecule has 4 nitrogen and oxygen atoms in total. The Labute approximate surface area is 77.5 Å². The second-order valence-corrected chi connectivity index (χ2v) is 3.12. The molecule has 0 aromatic rings. The molecule has 0 atom stereocenters. The van der Waals surface area contributed by atoms with E-state index < -0.39 is 17.5 Å². The molecule has 4 heteroatoms. The molecular formula is C9H14O4. The smallest absolute Gasteiger partial charge is 0.307 e. The summed E-state index contributed by atoms with van der Waals surface area (Å²) < 4.78 is 9.59. The maximum Gasteiger partial charge on any atom is 0.307 e. The Kier molecular flexibility index (Phi) is 3.66. The van der Waals surface area contributed by atoms with E-state index in [4.69, 9.17) is 9.47 Å². The van der Waals surface area contributed by atoms with Crippen LogP contribution in [0.25, 0.3) is 0 Å². The van der Waals surface area contributed by atoms with E-state index in [-0.39, 0.29) is 5.76 Å². The van der Waals surface area contributed by atoms with Crippen molar-refractivity contribution in [3.63, 3.8) is 0 Å². The van der Waals surface area contributed by atoms with E-state index in [1.807, 2.05) is 0 Å². The summed E-state index contributed by atoms with van der Waals surface area (Å²) >= 11 is 0. The molecule has 0 radical (unpaired) electrons. The van der Waals surface area contributed by atoms with Crippen molar-refractivity contribution < 1.29 is 19.1 Å². The van der Waals surface area contributed by atoms with Gasteiger partial charge in [-0.05, 0) is 13.8 Å². The van der Waals surface area contributed by atoms with E-state index >= 15 is 0 Å². The van der Waals surface area contributed by atoms with Crippen molar-refractivity contribution in [2.45, 2.75) is 33.3 Å². The van der Waals surface area contributed by atoms with Crippen molar-refractivity contribution in [2.75, 3.05) is 0 Å². The lowest BCUT2D eigenvalue weighted by Gasteiger charge is -2.25. The summed E-state index contributed by atoms with van der Waals surface area (Å²) in [5, 5.41) is 0. The third-order valence-electron chi connectivity index (χ3n) is 1.34. The summed E-state index contributed by atoms with van der Waals surface area (Å²) in [6.45, 7) is 9.23. The molecule has 0 N–H and O–H groups in total. The summed E-state index contributed by atoms with van der Waals surface area (Å²) in [4.78, 5) is 21.2. The first-order valence-electron chi connectivity index (χ1n) is 3.83. The molecule has 13 heavy (non-hydrogen) atoms. The SMILES string of the molecule is C=C(OC(C)=O)C(C)(C)OC(C)=O. The Bertz CT molecular complexity index is 240. The number of carbonyl (C=O) groups excluding carboxylic acids is 2. The van der Waals surface area contributed by atoms with Gasteiger partial charge in [-0.15, -0.1) is 0 Å². The Morgan fingerprint density at radius 1 is 1.15 bits per heavy atom. The van der Waals surface area contributed by atoms with Gasteiger partial charge in [-0.1, -0.05) is 6.58 Å². The molecule has 0 aromatic carbocycles. The maximum absolute atomic E-state index is 10.6. The van der Waals surface area contributed by atoms with Crippen LogP contribution in [0.3, 0.4) is 0 Å². The van der Waals surface area contributed by atoms with E-state index in [1.165, 1.54) is 13.8 Å². The highest BCUT2D eigenvalue weighted by atomic mass is 16.6. The minimum absolute atomic E-state index is 0.121. The van der Waals surface area contributed by atoms with Gasteiger partial charge in [0.25, 0.3) is 0 Å².